The third kappa shape index (κ3) is 4.09. The summed E-state index contributed by atoms with van der Waals surface area (Å²) in [5.41, 5.74) is -1.55. The quantitative estimate of drug-likeness (QED) is 0.349. The van der Waals surface area contributed by atoms with Gasteiger partial charge in [0.15, 0.2) is 5.78 Å². The highest BCUT2D eigenvalue weighted by atomic mass is 35.5. The SMILES string of the molecule is CC1CC(C)(C)CC[C@@]1(CC[C@]1(C)CC(=O)C[C@@H]2[C@@]3(C)C=C(C#N)C(=O)C(C)(C)[C@@H]3CC[C@]21C)C(=O)Cl. The molecule has 4 rings (SSSR count). The number of nitriles is 1. The molecule has 7 atom stereocenters. The van der Waals surface area contributed by atoms with E-state index in [-0.39, 0.29) is 56.4 Å². The van der Waals surface area contributed by atoms with E-state index in [1.54, 1.807) is 0 Å². The summed E-state index contributed by atoms with van der Waals surface area (Å²) in [6, 6.07) is 2.18. The van der Waals surface area contributed by atoms with E-state index in [0.717, 1.165) is 38.5 Å². The maximum Gasteiger partial charge on any atom is 0.228 e. The van der Waals surface area contributed by atoms with Gasteiger partial charge >= 0.3 is 0 Å². The molecule has 0 aromatic carbocycles. The van der Waals surface area contributed by atoms with Crippen molar-refractivity contribution >= 4 is 28.4 Å². The summed E-state index contributed by atoms with van der Waals surface area (Å²) in [5.74, 6) is 0.535. The molecule has 0 saturated heterocycles. The van der Waals surface area contributed by atoms with Crippen molar-refractivity contribution in [2.24, 2.45) is 50.2 Å². The van der Waals surface area contributed by atoms with Crippen LogP contribution in [-0.4, -0.2) is 16.8 Å². The lowest BCUT2D eigenvalue weighted by molar-refractivity contribution is -0.175. The van der Waals surface area contributed by atoms with Crippen molar-refractivity contribution in [3.63, 3.8) is 0 Å². The third-order valence-electron chi connectivity index (χ3n) is 12.5. The minimum atomic E-state index is -0.633. The number of carbonyl (C=O) groups excluding carboxylic acids is 3. The van der Waals surface area contributed by atoms with Crippen LogP contribution in [0.25, 0.3) is 0 Å². The lowest BCUT2D eigenvalue weighted by Crippen LogP contribution is -2.62. The molecule has 0 N–H and O–H groups in total. The number of carbonyl (C=O) groups is 3. The van der Waals surface area contributed by atoms with Crippen molar-refractivity contribution in [2.75, 3.05) is 0 Å². The molecule has 4 aliphatic rings. The number of ketones is 2. The van der Waals surface area contributed by atoms with E-state index < -0.39 is 16.2 Å². The summed E-state index contributed by atoms with van der Waals surface area (Å²) < 4.78 is 0. The fraction of sp³-hybridized carbons (Fsp3) is 0.812. The van der Waals surface area contributed by atoms with Crippen LogP contribution >= 0.6 is 11.6 Å². The number of allylic oxidation sites excluding steroid dienone is 2. The summed E-state index contributed by atoms with van der Waals surface area (Å²) >= 11 is 6.38. The van der Waals surface area contributed by atoms with Gasteiger partial charge in [0.1, 0.15) is 11.9 Å². The normalized spacial score (nSPS) is 44.8. The van der Waals surface area contributed by atoms with Crippen LogP contribution in [0.15, 0.2) is 11.6 Å². The Morgan fingerprint density at radius 2 is 1.68 bits per heavy atom. The molecule has 0 aromatic heterocycles. The molecule has 1 unspecified atom stereocenters. The van der Waals surface area contributed by atoms with Gasteiger partial charge in [-0.05, 0) is 96.0 Å². The van der Waals surface area contributed by atoms with Gasteiger partial charge in [-0.15, -0.1) is 0 Å². The van der Waals surface area contributed by atoms with Crippen molar-refractivity contribution < 1.29 is 14.4 Å². The predicted octanol–water partition coefficient (Wildman–Crippen LogP) is 7.83. The average molecular weight is 528 g/mol. The number of hydrogen-bond donors (Lipinski definition) is 0. The van der Waals surface area contributed by atoms with Crippen LogP contribution in [0, 0.1) is 61.6 Å². The first-order chi connectivity index (χ1) is 16.9. The molecule has 4 aliphatic carbocycles. The molecule has 0 heterocycles. The number of rotatable bonds is 4. The highest BCUT2D eigenvalue weighted by molar-refractivity contribution is 6.64. The van der Waals surface area contributed by atoms with Gasteiger partial charge in [-0.3, -0.25) is 14.4 Å². The molecule has 5 heteroatoms. The van der Waals surface area contributed by atoms with Crippen LogP contribution in [0.1, 0.15) is 113 Å². The molecule has 0 radical (unpaired) electrons. The van der Waals surface area contributed by atoms with Gasteiger partial charge in [0.2, 0.25) is 5.24 Å². The second kappa shape index (κ2) is 8.77. The summed E-state index contributed by atoms with van der Waals surface area (Å²) in [7, 11) is 0. The van der Waals surface area contributed by atoms with Crippen molar-refractivity contribution in [1.29, 1.82) is 5.26 Å². The standard InChI is InChI=1S/C32H46ClNO3/c1-20-16-27(2,3)11-13-32(20,26(33)37)14-12-29(6)18-22(35)15-24-30(7)17-21(19-34)25(36)28(4,5)23(30)9-10-31(24,29)8/h17,20,23-24H,9-16,18H2,1-8H3/t20?,23-,24+,29+,30-,31+,32-/m0/s1. The van der Waals surface area contributed by atoms with E-state index in [1.165, 1.54) is 0 Å². The van der Waals surface area contributed by atoms with Crippen LogP contribution in [0.2, 0.25) is 0 Å². The van der Waals surface area contributed by atoms with Gasteiger partial charge < -0.3 is 0 Å². The number of hydrogen-bond acceptors (Lipinski definition) is 4. The van der Waals surface area contributed by atoms with Gasteiger partial charge in [0.05, 0.1) is 5.57 Å². The van der Waals surface area contributed by atoms with Gasteiger partial charge in [0, 0.05) is 23.7 Å². The molecule has 37 heavy (non-hydrogen) atoms. The zero-order valence-electron chi connectivity index (χ0n) is 24.2. The molecule has 0 aromatic rings. The Morgan fingerprint density at radius 3 is 2.24 bits per heavy atom. The van der Waals surface area contributed by atoms with Gasteiger partial charge in [0.25, 0.3) is 0 Å². The van der Waals surface area contributed by atoms with Crippen LogP contribution in [-0.2, 0) is 14.4 Å². The van der Waals surface area contributed by atoms with Crippen LogP contribution < -0.4 is 0 Å². The first-order valence-electron chi connectivity index (χ1n) is 14.3. The monoisotopic (exact) mass is 527 g/mol. The Hall–Kier alpha value is -1.47. The van der Waals surface area contributed by atoms with E-state index in [9.17, 15) is 19.6 Å². The Balaban J connectivity index is 1.72. The highest BCUT2D eigenvalue weighted by Crippen LogP contribution is 2.71. The minimum Gasteiger partial charge on any atom is -0.300 e. The fourth-order valence-electron chi connectivity index (χ4n) is 9.84. The van der Waals surface area contributed by atoms with Crippen molar-refractivity contribution in [1.82, 2.24) is 0 Å². The van der Waals surface area contributed by atoms with Gasteiger partial charge in [-0.1, -0.05) is 61.5 Å². The topological polar surface area (TPSA) is 75.0 Å². The lowest BCUT2D eigenvalue weighted by Gasteiger charge is -2.66. The molecule has 204 valence electrons. The molecule has 0 bridgehead atoms. The van der Waals surface area contributed by atoms with Gasteiger partial charge in [-0.25, -0.2) is 0 Å². The average Bonchev–Trinajstić information content (AvgIpc) is 2.77. The lowest BCUT2D eigenvalue weighted by atomic mass is 9.37. The summed E-state index contributed by atoms with van der Waals surface area (Å²) in [6.07, 6.45) is 9.03. The summed E-state index contributed by atoms with van der Waals surface area (Å²) in [5, 5.41) is 9.62. The van der Waals surface area contributed by atoms with Crippen LogP contribution in [0.5, 0.6) is 0 Å². The first kappa shape index (κ1) is 28.5. The highest BCUT2D eigenvalue weighted by Gasteiger charge is 2.66. The second-order valence-electron chi connectivity index (χ2n) is 15.3. The largest absolute Gasteiger partial charge is 0.300 e. The molecule has 0 spiro atoms. The molecule has 3 fully saturated rings. The number of halogens is 1. The third-order valence-corrected chi connectivity index (χ3v) is 12.8. The number of nitrogens with zero attached hydrogens (tertiary/aromatic N) is 1. The van der Waals surface area contributed by atoms with E-state index in [1.807, 2.05) is 19.9 Å². The molecule has 0 aliphatic heterocycles. The van der Waals surface area contributed by atoms with Crippen molar-refractivity contribution in [2.45, 2.75) is 113 Å². The maximum absolute atomic E-state index is 13.4. The Kier molecular flexibility index (Phi) is 6.76. The van der Waals surface area contributed by atoms with Crippen LogP contribution in [0.3, 0.4) is 0 Å². The molecule has 4 nitrogen and oxygen atoms in total. The molecular formula is C32H46ClNO3. The predicted molar refractivity (Wildman–Crippen MR) is 147 cm³/mol. The zero-order valence-corrected chi connectivity index (χ0v) is 25.0. The van der Waals surface area contributed by atoms with E-state index in [4.69, 9.17) is 11.6 Å². The van der Waals surface area contributed by atoms with Crippen molar-refractivity contribution in [3.8, 4) is 6.07 Å². The molecule has 0 amide bonds. The summed E-state index contributed by atoms with van der Waals surface area (Å²) in [4.78, 5) is 39.6. The number of Topliss-reactive ketones (excluding diaryl/α,β-unsaturated/α-hetero) is 2. The fourth-order valence-corrected chi connectivity index (χ4v) is 10.2. The van der Waals surface area contributed by atoms with E-state index >= 15 is 0 Å². The Bertz CT molecular complexity index is 1100. The van der Waals surface area contributed by atoms with Crippen molar-refractivity contribution in [3.05, 3.63) is 11.6 Å². The molecular weight excluding hydrogens is 482 g/mol. The zero-order chi connectivity index (χ0) is 27.8. The first-order valence-corrected chi connectivity index (χ1v) is 14.7. The number of fused-ring (bicyclic) bond motifs is 3. The van der Waals surface area contributed by atoms with Gasteiger partial charge in [-0.2, -0.15) is 5.26 Å². The Morgan fingerprint density at radius 1 is 1.03 bits per heavy atom. The summed E-state index contributed by atoms with van der Waals surface area (Å²) in [6.45, 7) is 17.5. The Labute approximate surface area is 229 Å². The minimum absolute atomic E-state index is 0.0473. The molecule has 3 saturated carbocycles. The smallest absolute Gasteiger partial charge is 0.228 e. The van der Waals surface area contributed by atoms with Crippen LogP contribution in [0.4, 0.5) is 0 Å². The maximum atomic E-state index is 13.4. The van der Waals surface area contributed by atoms with E-state index in [0.29, 0.717) is 19.3 Å². The van der Waals surface area contributed by atoms with E-state index in [2.05, 4.69) is 47.6 Å². The second-order valence-corrected chi connectivity index (χ2v) is 15.7.